The van der Waals surface area contributed by atoms with Crippen molar-refractivity contribution in [3.63, 3.8) is 0 Å². The van der Waals surface area contributed by atoms with Gasteiger partial charge in [-0.2, -0.15) is 0 Å². The fourth-order valence-corrected chi connectivity index (χ4v) is 1.35. The Kier molecular flexibility index (Phi) is 3.77. The Hall–Kier alpha value is -1.27. The van der Waals surface area contributed by atoms with Crippen LogP contribution in [0, 0.1) is 5.41 Å². The number of amides is 2. The fourth-order valence-electron chi connectivity index (χ4n) is 1.35. The van der Waals surface area contributed by atoms with Crippen LogP contribution in [0.1, 0.15) is 20.8 Å². The molecule has 0 saturated carbocycles. The number of nitrogens with one attached hydrogen (secondary N) is 3. The highest BCUT2D eigenvalue weighted by Crippen LogP contribution is 2.31. The van der Waals surface area contributed by atoms with Gasteiger partial charge >= 0.3 is 6.03 Å². The maximum Gasteiger partial charge on any atom is 0.316 e. The number of urea groups is 1. The van der Waals surface area contributed by atoms with Crippen molar-refractivity contribution in [1.82, 2.24) is 16.1 Å². The third-order valence-corrected chi connectivity index (χ3v) is 2.50. The minimum atomic E-state index is -0.744. The summed E-state index contributed by atoms with van der Waals surface area (Å²) in [6.07, 6.45) is 3.25. The highest BCUT2D eigenvalue weighted by molar-refractivity contribution is 5.75. The number of hydrogen-bond donors (Lipinski definition) is 4. The molecule has 16 heavy (non-hydrogen) atoms. The van der Waals surface area contributed by atoms with Crippen molar-refractivity contribution in [3.05, 3.63) is 12.3 Å². The maximum atomic E-state index is 11.5. The first-order chi connectivity index (χ1) is 7.41. The van der Waals surface area contributed by atoms with E-state index in [1.807, 2.05) is 20.8 Å². The third kappa shape index (κ3) is 2.65. The van der Waals surface area contributed by atoms with Gasteiger partial charge in [0.05, 0.1) is 6.61 Å². The highest BCUT2D eigenvalue weighted by Gasteiger charge is 2.44. The molecule has 4 N–H and O–H groups in total. The maximum absolute atomic E-state index is 11.5. The van der Waals surface area contributed by atoms with Crippen LogP contribution < -0.4 is 16.1 Å². The Morgan fingerprint density at radius 1 is 1.56 bits per heavy atom. The lowest BCUT2D eigenvalue weighted by molar-refractivity contribution is 0.0260. The van der Waals surface area contributed by atoms with Crippen molar-refractivity contribution >= 4 is 6.03 Å². The molecule has 0 fully saturated rings. The van der Waals surface area contributed by atoms with Gasteiger partial charge in [-0.25, -0.2) is 4.79 Å². The van der Waals surface area contributed by atoms with Gasteiger partial charge in [-0.3, -0.25) is 0 Å². The number of hydroxylamine groups is 1. The smallest absolute Gasteiger partial charge is 0.316 e. The molecular weight excluding hydrogens is 210 g/mol. The van der Waals surface area contributed by atoms with Crippen molar-refractivity contribution < 1.29 is 14.7 Å². The van der Waals surface area contributed by atoms with Crippen LogP contribution in [0.25, 0.3) is 0 Å². The van der Waals surface area contributed by atoms with Crippen LogP contribution >= 0.6 is 0 Å². The molecule has 6 heteroatoms. The molecule has 0 aromatic heterocycles. The summed E-state index contributed by atoms with van der Waals surface area (Å²) in [6, 6.07) is -0.355. The van der Waals surface area contributed by atoms with Crippen molar-refractivity contribution in [2.45, 2.75) is 26.4 Å². The van der Waals surface area contributed by atoms with Crippen molar-refractivity contribution in [1.29, 1.82) is 0 Å². The van der Waals surface area contributed by atoms with Gasteiger partial charge in [-0.05, 0) is 6.08 Å². The van der Waals surface area contributed by atoms with Gasteiger partial charge < -0.3 is 20.6 Å². The largest absolute Gasteiger partial charge is 0.414 e. The van der Waals surface area contributed by atoms with Crippen LogP contribution in [0.3, 0.4) is 0 Å². The predicted octanol–water partition coefficient (Wildman–Crippen LogP) is 0.0688. The van der Waals surface area contributed by atoms with Gasteiger partial charge in [0, 0.05) is 12.0 Å². The molecule has 2 amide bonds. The summed E-state index contributed by atoms with van der Waals surface area (Å²) >= 11 is 0. The number of rotatable bonds is 3. The van der Waals surface area contributed by atoms with E-state index >= 15 is 0 Å². The first-order valence-corrected chi connectivity index (χ1v) is 5.19. The monoisotopic (exact) mass is 229 g/mol. The molecule has 0 aromatic carbocycles. The van der Waals surface area contributed by atoms with Gasteiger partial charge in [0.25, 0.3) is 0 Å². The minimum absolute atomic E-state index is 0.0876. The third-order valence-electron chi connectivity index (χ3n) is 2.50. The van der Waals surface area contributed by atoms with E-state index in [-0.39, 0.29) is 24.6 Å². The molecule has 1 heterocycles. The quantitative estimate of drug-likeness (QED) is 0.552. The number of hydrogen-bond acceptors (Lipinski definition) is 4. The number of carbonyl (C=O) groups excluding carboxylic acids is 1. The van der Waals surface area contributed by atoms with Crippen LogP contribution in [0.2, 0.25) is 0 Å². The topological polar surface area (TPSA) is 82.6 Å². The van der Waals surface area contributed by atoms with Gasteiger partial charge in [-0.1, -0.05) is 20.8 Å². The molecule has 0 radical (unpaired) electrons. The zero-order chi connectivity index (χ0) is 12.2. The van der Waals surface area contributed by atoms with E-state index in [0.717, 1.165) is 0 Å². The molecule has 1 unspecified atom stereocenters. The van der Waals surface area contributed by atoms with Gasteiger partial charge in [0.15, 0.2) is 5.66 Å². The van der Waals surface area contributed by atoms with Crippen LogP contribution in [-0.2, 0) is 4.84 Å². The van der Waals surface area contributed by atoms with Crippen molar-refractivity contribution in [3.8, 4) is 0 Å². The molecule has 0 aliphatic carbocycles. The van der Waals surface area contributed by atoms with Gasteiger partial charge in [0.2, 0.25) is 0 Å². The zero-order valence-corrected chi connectivity index (χ0v) is 9.83. The molecule has 1 atom stereocenters. The molecule has 1 aliphatic rings. The van der Waals surface area contributed by atoms with E-state index in [1.165, 1.54) is 6.26 Å². The predicted molar refractivity (Wildman–Crippen MR) is 59.2 cm³/mol. The molecular formula is C10H19N3O3. The zero-order valence-electron chi connectivity index (χ0n) is 9.83. The minimum Gasteiger partial charge on any atom is -0.414 e. The summed E-state index contributed by atoms with van der Waals surface area (Å²) in [6.45, 7) is 6.06. The Bertz CT molecular complexity index is 286. The van der Waals surface area contributed by atoms with Crippen molar-refractivity contribution in [2.75, 3.05) is 13.2 Å². The average molecular weight is 229 g/mol. The standard InChI is InChI=1S/C10H19N3O3/c1-9(2,3)10(4-7-16-13-10)12-8(15)11-5-6-14/h4,7,13-14H,5-6H2,1-3H3,(H2,11,12,15). The summed E-state index contributed by atoms with van der Waals surface area (Å²) in [7, 11) is 0. The van der Waals surface area contributed by atoms with E-state index in [2.05, 4.69) is 16.1 Å². The lowest BCUT2D eigenvalue weighted by Gasteiger charge is -2.39. The molecule has 0 saturated heterocycles. The SMILES string of the molecule is CC(C)(C)C1(NC(=O)NCCO)C=CON1. The van der Waals surface area contributed by atoms with Gasteiger partial charge in [-0.15, -0.1) is 5.48 Å². The summed E-state index contributed by atoms with van der Waals surface area (Å²) in [5.74, 6) is 0. The van der Waals surface area contributed by atoms with Crippen LogP contribution in [0.4, 0.5) is 4.79 Å². The summed E-state index contributed by atoms with van der Waals surface area (Å²) < 4.78 is 0. The van der Waals surface area contributed by atoms with E-state index in [0.29, 0.717) is 0 Å². The van der Waals surface area contributed by atoms with Crippen molar-refractivity contribution in [2.24, 2.45) is 5.41 Å². The van der Waals surface area contributed by atoms with Gasteiger partial charge in [0.1, 0.15) is 6.26 Å². The Morgan fingerprint density at radius 3 is 2.69 bits per heavy atom. The van der Waals surface area contributed by atoms with Crippen LogP contribution in [-0.4, -0.2) is 30.0 Å². The summed E-state index contributed by atoms with van der Waals surface area (Å²) in [4.78, 5) is 16.5. The Balaban J connectivity index is 2.66. The van der Waals surface area contributed by atoms with E-state index in [9.17, 15) is 4.79 Å². The molecule has 0 bridgehead atoms. The lowest BCUT2D eigenvalue weighted by Crippen LogP contribution is -2.64. The van der Waals surface area contributed by atoms with Crippen LogP contribution in [0.5, 0.6) is 0 Å². The number of aliphatic hydroxyl groups excluding tert-OH is 1. The Labute approximate surface area is 95.0 Å². The molecule has 92 valence electrons. The molecule has 0 spiro atoms. The first kappa shape index (κ1) is 12.8. The van der Waals surface area contributed by atoms with E-state index in [1.54, 1.807) is 6.08 Å². The average Bonchev–Trinajstić information content (AvgIpc) is 2.63. The fraction of sp³-hybridized carbons (Fsp3) is 0.700. The second-order valence-corrected chi connectivity index (χ2v) is 4.69. The molecule has 1 rings (SSSR count). The lowest BCUT2D eigenvalue weighted by atomic mass is 9.81. The highest BCUT2D eigenvalue weighted by atomic mass is 16.6. The second kappa shape index (κ2) is 4.71. The normalized spacial score (nSPS) is 24.0. The molecule has 6 nitrogen and oxygen atoms in total. The molecule has 0 aromatic rings. The van der Waals surface area contributed by atoms with E-state index in [4.69, 9.17) is 9.94 Å². The summed E-state index contributed by atoms with van der Waals surface area (Å²) in [5, 5.41) is 13.9. The Morgan fingerprint density at radius 2 is 2.25 bits per heavy atom. The van der Waals surface area contributed by atoms with Crippen LogP contribution in [0.15, 0.2) is 12.3 Å². The summed E-state index contributed by atoms with van der Waals surface area (Å²) in [5.41, 5.74) is 1.77. The first-order valence-electron chi connectivity index (χ1n) is 5.19. The molecule has 1 aliphatic heterocycles. The van der Waals surface area contributed by atoms with E-state index < -0.39 is 5.66 Å². The number of aliphatic hydroxyl groups is 1. The number of carbonyl (C=O) groups is 1. The second-order valence-electron chi connectivity index (χ2n) is 4.69.